The predicted molar refractivity (Wildman–Crippen MR) is 64.5 cm³/mol. The van der Waals surface area contributed by atoms with Gasteiger partial charge in [-0.25, -0.2) is 0 Å². The topological polar surface area (TPSA) is 108 Å². The van der Waals surface area contributed by atoms with Gasteiger partial charge in [0.1, 0.15) is 11.2 Å². The van der Waals surface area contributed by atoms with E-state index in [4.69, 9.17) is 0 Å². The Morgan fingerprint density at radius 1 is 1.16 bits per heavy atom. The highest BCUT2D eigenvalue weighted by Crippen LogP contribution is 2.25. The average Bonchev–Trinajstić information content (AvgIpc) is 2.89. The van der Waals surface area contributed by atoms with Gasteiger partial charge in [0, 0.05) is 0 Å². The number of fused-ring (bicyclic) bond motifs is 1. The summed E-state index contributed by atoms with van der Waals surface area (Å²) in [5.41, 5.74) is 1.26. The highest BCUT2D eigenvalue weighted by Gasteiger charge is 2.36. The second kappa shape index (κ2) is 3.80. The molecule has 19 heavy (non-hydrogen) atoms. The van der Waals surface area contributed by atoms with Crippen LogP contribution < -0.4 is 5.01 Å². The van der Waals surface area contributed by atoms with Gasteiger partial charge in [0.25, 0.3) is 11.6 Å². The fourth-order valence-electron chi connectivity index (χ4n) is 1.79. The molecule has 0 saturated heterocycles. The number of H-pyrrole nitrogens is 1. The third-order valence-electron chi connectivity index (χ3n) is 2.73. The number of benzene rings is 1. The number of amides is 1. The average molecular weight is 257 g/mol. The van der Waals surface area contributed by atoms with Gasteiger partial charge < -0.3 is 0 Å². The summed E-state index contributed by atoms with van der Waals surface area (Å²) in [6, 6.07) is 4.95. The molecule has 0 aliphatic carbocycles. The molecule has 0 atom stereocenters. The first-order chi connectivity index (χ1) is 9.09. The number of aromatic nitrogens is 3. The van der Waals surface area contributed by atoms with Crippen molar-refractivity contribution in [2.75, 3.05) is 5.01 Å². The fourth-order valence-corrected chi connectivity index (χ4v) is 1.79. The van der Waals surface area contributed by atoms with Crippen LogP contribution in [-0.4, -0.2) is 38.6 Å². The quantitative estimate of drug-likeness (QED) is 0.713. The minimum Gasteiger partial charge on any atom is -0.283 e. The number of hydrogen-bond acceptors (Lipinski definition) is 6. The van der Waals surface area contributed by atoms with E-state index in [2.05, 4.69) is 20.5 Å². The zero-order valence-electron chi connectivity index (χ0n) is 9.75. The lowest BCUT2D eigenvalue weighted by Crippen LogP contribution is -2.44. The summed E-state index contributed by atoms with van der Waals surface area (Å²) in [5.74, 6) is -2.98. The van der Waals surface area contributed by atoms with E-state index in [1.54, 1.807) is 18.2 Å². The molecule has 0 fully saturated rings. The molecule has 0 spiro atoms. The van der Waals surface area contributed by atoms with Crippen molar-refractivity contribution in [2.24, 2.45) is 5.10 Å². The summed E-state index contributed by atoms with van der Waals surface area (Å²) in [6.45, 7) is 1.38. The molecular weight excluding hydrogens is 250 g/mol. The molecular formula is C11H7N5O3. The van der Waals surface area contributed by atoms with Gasteiger partial charge in [0.05, 0.1) is 11.2 Å². The summed E-state index contributed by atoms with van der Waals surface area (Å²) < 4.78 is 0. The SMILES string of the molecule is CC1=NN(c2cccc3[nH]nnc23)C(=O)C(=O)C1=O. The first-order valence-electron chi connectivity index (χ1n) is 5.37. The molecule has 0 saturated carbocycles. The third kappa shape index (κ3) is 1.53. The lowest BCUT2D eigenvalue weighted by molar-refractivity contribution is -0.142. The van der Waals surface area contributed by atoms with Crippen LogP contribution in [0.4, 0.5) is 5.69 Å². The van der Waals surface area contributed by atoms with Gasteiger partial charge >= 0.3 is 5.91 Å². The van der Waals surface area contributed by atoms with Crippen molar-refractivity contribution in [3.63, 3.8) is 0 Å². The standard InChI is InChI=1S/C11H7N5O3/c1-5-9(17)10(18)11(19)16(14-5)7-4-2-3-6-8(7)13-15-12-6/h2-4H,1H3,(H,12,13,15). The lowest BCUT2D eigenvalue weighted by Gasteiger charge is -2.20. The zero-order chi connectivity index (χ0) is 13.6. The predicted octanol–water partition coefficient (Wildman–Crippen LogP) is -0.181. The number of rotatable bonds is 1. The molecule has 1 aliphatic heterocycles. The summed E-state index contributed by atoms with van der Waals surface area (Å²) in [5, 5.41) is 14.8. The molecule has 1 aromatic heterocycles. The van der Waals surface area contributed by atoms with E-state index in [0.29, 0.717) is 16.7 Å². The third-order valence-corrected chi connectivity index (χ3v) is 2.73. The smallest absolute Gasteiger partial charge is 0.283 e. The Labute approximate surface area is 106 Å². The molecule has 0 unspecified atom stereocenters. The van der Waals surface area contributed by atoms with Crippen LogP contribution in [-0.2, 0) is 14.4 Å². The van der Waals surface area contributed by atoms with Crippen molar-refractivity contribution in [1.82, 2.24) is 15.4 Å². The molecule has 1 aliphatic rings. The number of nitrogens with zero attached hydrogens (tertiary/aromatic N) is 4. The summed E-state index contributed by atoms with van der Waals surface area (Å²) >= 11 is 0. The Balaban J connectivity index is 2.21. The molecule has 94 valence electrons. The van der Waals surface area contributed by atoms with Crippen LogP contribution in [0.1, 0.15) is 6.92 Å². The van der Waals surface area contributed by atoms with Crippen molar-refractivity contribution in [1.29, 1.82) is 0 Å². The van der Waals surface area contributed by atoms with Crippen LogP contribution in [0.25, 0.3) is 11.0 Å². The molecule has 2 heterocycles. The minimum atomic E-state index is -1.10. The number of Topliss-reactive ketones (excluding diaryl/α,β-unsaturated/α-hetero) is 2. The van der Waals surface area contributed by atoms with Crippen molar-refractivity contribution in [2.45, 2.75) is 6.92 Å². The molecule has 1 N–H and O–H groups in total. The molecule has 2 aromatic rings. The van der Waals surface area contributed by atoms with Gasteiger partial charge in [0.15, 0.2) is 0 Å². The molecule has 1 amide bonds. The number of aromatic amines is 1. The Morgan fingerprint density at radius 3 is 2.74 bits per heavy atom. The largest absolute Gasteiger partial charge is 0.323 e. The molecule has 8 heteroatoms. The summed E-state index contributed by atoms with van der Waals surface area (Å²) in [6.07, 6.45) is 0. The van der Waals surface area contributed by atoms with Crippen LogP contribution in [0.15, 0.2) is 23.3 Å². The molecule has 8 nitrogen and oxygen atoms in total. The molecule has 0 bridgehead atoms. The molecule has 3 rings (SSSR count). The van der Waals surface area contributed by atoms with Crippen LogP contribution in [0.2, 0.25) is 0 Å². The van der Waals surface area contributed by atoms with E-state index in [9.17, 15) is 14.4 Å². The first-order valence-corrected chi connectivity index (χ1v) is 5.37. The van der Waals surface area contributed by atoms with Crippen LogP contribution in [0.3, 0.4) is 0 Å². The van der Waals surface area contributed by atoms with E-state index in [1.165, 1.54) is 6.92 Å². The van der Waals surface area contributed by atoms with Crippen LogP contribution >= 0.6 is 0 Å². The van der Waals surface area contributed by atoms with E-state index in [-0.39, 0.29) is 5.71 Å². The second-order valence-corrected chi connectivity index (χ2v) is 3.95. The maximum atomic E-state index is 11.8. The fraction of sp³-hybridized carbons (Fsp3) is 0.0909. The first kappa shape index (κ1) is 11.2. The number of carbonyl (C=O) groups excluding carboxylic acids is 3. The summed E-state index contributed by atoms with van der Waals surface area (Å²) in [4.78, 5) is 34.7. The normalized spacial score (nSPS) is 16.2. The van der Waals surface area contributed by atoms with Crippen LogP contribution in [0.5, 0.6) is 0 Å². The molecule has 0 radical (unpaired) electrons. The molecule has 1 aromatic carbocycles. The van der Waals surface area contributed by atoms with E-state index >= 15 is 0 Å². The Bertz CT molecular complexity index is 761. The highest BCUT2D eigenvalue weighted by molar-refractivity contribution is 6.81. The van der Waals surface area contributed by atoms with Crippen molar-refractivity contribution < 1.29 is 14.4 Å². The van der Waals surface area contributed by atoms with Gasteiger partial charge in [0.2, 0.25) is 0 Å². The lowest BCUT2D eigenvalue weighted by atomic mass is 10.1. The number of anilines is 1. The van der Waals surface area contributed by atoms with Gasteiger partial charge in [-0.3, -0.25) is 19.5 Å². The monoisotopic (exact) mass is 257 g/mol. The van der Waals surface area contributed by atoms with Crippen molar-refractivity contribution in [3.05, 3.63) is 18.2 Å². The number of hydrogen-bond donors (Lipinski definition) is 1. The van der Waals surface area contributed by atoms with E-state index in [0.717, 1.165) is 5.01 Å². The number of carbonyl (C=O) groups is 3. The van der Waals surface area contributed by atoms with E-state index < -0.39 is 17.5 Å². The highest BCUT2D eigenvalue weighted by atomic mass is 16.2. The van der Waals surface area contributed by atoms with Crippen molar-refractivity contribution >= 4 is 39.9 Å². The van der Waals surface area contributed by atoms with Crippen molar-refractivity contribution in [3.8, 4) is 0 Å². The number of nitrogens with one attached hydrogen (secondary N) is 1. The van der Waals surface area contributed by atoms with Gasteiger partial charge in [-0.2, -0.15) is 10.1 Å². The summed E-state index contributed by atoms with van der Waals surface area (Å²) in [7, 11) is 0. The second-order valence-electron chi connectivity index (χ2n) is 3.95. The van der Waals surface area contributed by atoms with Crippen LogP contribution in [0, 0.1) is 0 Å². The van der Waals surface area contributed by atoms with Gasteiger partial charge in [-0.05, 0) is 19.1 Å². The Kier molecular flexibility index (Phi) is 2.24. The Morgan fingerprint density at radius 2 is 1.95 bits per heavy atom. The number of hydrazone groups is 1. The van der Waals surface area contributed by atoms with E-state index in [1.807, 2.05) is 0 Å². The number of ketones is 2. The maximum absolute atomic E-state index is 11.8. The van der Waals surface area contributed by atoms with Gasteiger partial charge in [-0.15, -0.1) is 5.10 Å². The zero-order valence-corrected chi connectivity index (χ0v) is 9.75. The Hall–Kier alpha value is -2.90. The maximum Gasteiger partial charge on any atom is 0.323 e. The minimum absolute atomic E-state index is 0.0369. The van der Waals surface area contributed by atoms with Gasteiger partial charge in [-0.1, -0.05) is 11.3 Å².